The molecule has 156 valence electrons. The number of para-hydroxylation sites is 1. The van der Waals surface area contributed by atoms with Crippen LogP contribution in [0.4, 0.5) is 0 Å². The maximum Gasteiger partial charge on any atom is 0.166 e. The second-order valence-corrected chi connectivity index (χ2v) is 8.15. The van der Waals surface area contributed by atoms with Crippen molar-refractivity contribution in [2.75, 3.05) is 13.2 Å². The van der Waals surface area contributed by atoms with Crippen LogP contribution in [-0.4, -0.2) is 29.5 Å². The van der Waals surface area contributed by atoms with Crippen LogP contribution < -0.4 is 10.1 Å². The number of Topliss-reactive ketones (excluding diaryl/α,β-unsaturated/α-hetero) is 1. The third kappa shape index (κ3) is 6.62. The van der Waals surface area contributed by atoms with Crippen molar-refractivity contribution in [3.05, 3.63) is 65.9 Å². The number of ketones is 1. The Balaban J connectivity index is 0.00000300. The van der Waals surface area contributed by atoms with Crippen LogP contribution in [0, 0.1) is 0 Å². The summed E-state index contributed by atoms with van der Waals surface area (Å²) in [5.41, 5.74) is 3.08. The molecule has 2 N–H and O–H groups in total. The molecule has 2 aromatic carbocycles. The molecule has 4 nitrogen and oxygen atoms in total. The number of nitrogens with one attached hydrogen (secondary N) is 2. The summed E-state index contributed by atoms with van der Waals surface area (Å²) in [6.45, 7) is 7.93. The number of carbonyl (C=O) groups is 1. The van der Waals surface area contributed by atoms with Crippen molar-refractivity contribution >= 4 is 29.1 Å². The minimum Gasteiger partial charge on any atom is -0.493 e. The number of H-pyrrole nitrogens is 1. The number of rotatable bonds is 9. The van der Waals surface area contributed by atoms with E-state index in [-0.39, 0.29) is 23.7 Å². The molecule has 0 saturated heterocycles. The van der Waals surface area contributed by atoms with Crippen molar-refractivity contribution in [2.45, 2.75) is 45.6 Å². The molecule has 0 atom stereocenters. The molecule has 5 heteroatoms. The van der Waals surface area contributed by atoms with Gasteiger partial charge in [0.15, 0.2) is 5.78 Å². The molecule has 0 unspecified atom stereocenters. The van der Waals surface area contributed by atoms with Crippen molar-refractivity contribution in [2.24, 2.45) is 0 Å². The molecule has 29 heavy (non-hydrogen) atoms. The molecule has 0 saturated carbocycles. The van der Waals surface area contributed by atoms with Crippen LogP contribution in [0.1, 0.15) is 49.5 Å². The smallest absolute Gasteiger partial charge is 0.166 e. The van der Waals surface area contributed by atoms with E-state index in [2.05, 4.69) is 49.3 Å². The molecule has 1 aromatic heterocycles. The van der Waals surface area contributed by atoms with Gasteiger partial charge in [0, 0.05) is 29.1 Å². The van der Waals surface area contributed by atoms with E-state index in [4.69, 9.17) is 4.74 Å². The van der Waals surface area contributed by atoms with Gasteiger partial charge in [-0.2, -0.15) is 0 Å². The summed E-state index contributed by atoms with van der Waals surface area (Å²) in [5, 5.41) is 4.63. The Hall–Kier alpha value is -2.30. The highest BCUT2D eigenvalue weighted by atomic mass is 35.5. The lowest BCUT2D eigenvalue weighted by molar-refractivity contribution is 0.0979. The molecule has 0 spiro atoms. The van der Waals surface area contributed by atoms with E-state index in [1.54, 1.807) is 0 Å². The summed E-state index contributed by atoms with van der Waals surface area (Å²) >= 11 is 0. The first-order chi connectivity index (χ1) is 13.4. The van der Waals surface area contributed by atoms with Gasteiger partial charge in [-0.25, -0.2) is 0 Å². The van der Waals surface area contributed by atoms with Crippen LogP contribution in [0.5, 0.6) is 5.75 Å². The SMILES string of the molecule is CC(C)(C)NCCCOc1ccccc1C(=O)CCc1cccc2[nH]ccc12.Cl. The molecule has 1 heterocycles. The van der Waals surface area contributed by atoms with Crippen molar-refractivity contribution in [1.29, 1.82) is 0 Å². The number of carbonyl (C=O) groups excluding carboxylic acids is 1. The van der Waals surface area contributed by atoms with Crippen LogP contribution in [0.3, 0.4) is 0 Å². The van der Waals surface area contributed by atoms with Crippen molar-refractivity contribution in [3.8, 4) is 5.75 Å². The van der Waals surface area contributed by atoms with Gasteiger partial charge in [-0.1, -0.05) is 24.3 Å². The number of benzene rings is 2. The number of hydrogen-bond acceptors (Lipinski definition) is 3. The number of aromatic amines is 1. The Kier molecular flexibility index (Phi) is 8.30. The van der Waals surface area contributed by atoms with Crippen LogP contribution in [0.15, 0.2) is 54.7 Å². The largest absolute Gasteiger partial charge is 0.493 e. The summed E-state index contributed by atoms with van der Waals surface area (Å²) in [7, 11) is 0. The van der Waals surface area contributed by atoms with E-state index in [0.29, 0.717) is 24.3 Å². The molecule has 3 rings (SSSR count). The van der Waals surface area contributed by atoms with E-state index in [1.165, 1.54) is 10.9 Å². The minimum atomic E-state index is 0. The lowest BCUT2D eigenvalue weighted by Crippen LogP contribution is -2.36. The number of fused-ring (bicyclic) bond motifs is 1. The highest BCUT2D eigenvalue weighted by molar-refractivity contribution is 5.99. The normalized spacial score (nSPS) is 11.3. The van der Waals surface area contributed by atoms with E-state index < -0.39 is 0 Å². The first kappa shape index (κ1) is 23.0. The minimum absolute atomic E-state index is 0. The van der Waals surface area contributed by atoms with Crippen molar-refractivity contribution in [1.82, 2.24) is 10.3 Å². The summed E-state index contributed by atoms with van der Waals surface area (Å²) in [6.07, 6.45) is 4.02. The summed E-state index contributed by atoms with van der Waals surface area (Å²) in [5.74, 6) is 0.805. The van der Waals surface area contributed by atoms with Gasteiger partial charge < -0.3 is 15.0 Å². The Morgan fingerprint density at radius 3 is 2.66 bits per heavy atom. The monoisotopic (exact) mass is 414 g/mol. The molecule has 0 aliphatic carbocycles. The molecule has 3 aromatic rings. The topological polar surface area (TPSA) is 54.1 Å². The average Bonchev–Trinajstić information content (AvgIpc) is 3.14. The van der Waals surface area contributed by atoms with E-state index in [9.17, 15) is 4.79 Å². The standard InChI is InChI=1S/C24H30N2O2.ClH/c1-24(2,3)26-15-7-17-28-23-11-5-4-9-20(23)22(27)13-12-18-8-6-10-21-19(18)14-16-25-21;/h4-6,8-11,14,16,25-26H,7,12-13,15,17H2,1-3H3;1H. The average molecular weight is 415 g/mol. The van der Waals surface area contributed by atoms with Gasteiger partial charge in [0.05, 0.1) is 12.2 Å². The first-order valence-electron chi connectivity index (χ1n) is 9.99. The Morgan fingerprint density at radius 2 is 1.86 bits per heavy atom. The van der Waals surface area contributed by atoms with E-state index in [1.807, 2.05) is 36.5 Å². The highest BCUT2D eigenvalue weighted by Gasteiger charge is 2.13. The van der Waals surface area contributed by atoms with Crippen LogP contribution in [0.2, 0.25) is 0 Å². The zero-order chi connectivity index (χ0) is 20.0. The fraction of sp³-hybridized carbons (Fsp3) is 0.375. The van der Waals surface area contributed by atoms with Gasteiger partial charge in [0.25, 0.3) is 0 Å². The number of halogens is 1. The molecular weight excluding hydrogens is 384 g/mol. The third-order valence-corrected chi connectivity index (χ3v) is 4.73. The molecule has 0 amide bonds. The molecule has 0 fully saturated rings. The third-order valence-electron chi connectivity index (χ3n) is 4.73. The quantitative estimate of drug-likeness (QED) is 0.356. The number of ether oxygens (including phenoxy) is 1. The molecule has 0 aliphatic heterocycles. The van der Waals surface area contributed by atoms with Crippen LogP contribution in [0.25, 0.3) is 10.9 Å². The van der Waals surface area contributed by atoms with E-state index in [0.717, 1.165) is 24.9 Å². The van der Waals surface area contributed by atoms with Crippen molar-refractivity contribution < 1.29 is 9.53 Å². The molecule has 0 radical (unpaired) electrons. The zero-order valence-corrected chi connectivity index (χ0v) is 18.3. The van der Waals surface area contributed by atoms with Crippen LogP contribution >= 0.6 is 12.4 Å². The predicted molar refractivity (Wildman–Crippen MR) is 123 cm³/mol. The predicted octanol–water partition coefficient (Wildman–Crippen LogP) is 5.56. The zero-order valence-electron chi connectivity index (χ0n) is 17.5. The van der Waals surface area contributed by atoms with Gasteiger partial charge in [-0.3, -0.25) is 4.79 Å². The summed E-state index contributed by atoms with van der Waals surface area (Å²) in [6, 6.07) is 15.8. The molecule has 0 aliphatic rings. The Morgan fingerprint density at radius 1 is 1.07 bits per heavy atom. The van der Waals surface area contributed by atoms with Crippen molar-refractivity contribution in [3.63, 3.8) is 0 Å². The summed E-state index contributed by atoms with van der Waals surface area (Å²) in [4.78, 5) is 16.1. The van der Waals surface area contributed by atoms with Gasteiger partial charge >= 0.3 is 0 Å². The number of hydrogen-bond donors (Lipinski definition) is 2. The summed E-state index contributed by atoms with van der Waals surface area (Å²) < 4.78 is 5.92. The maximum absolute atomic E-state index is 12.8. The maximum atomic E-state index is 12.8. The van der Waals surface area contributed by atoms with Gasteiger partial charge in [-0.15, -0.1) is 12.4 Å². The Bertz CT molecular complexity index is 928. The molecule has 0 bridgehead atoms. The van der Waals surface area contributed by atoms with Crippen LogP contribution in [-0.2, 0) is 6.42 Å². The van der Waals surface area contributed by atoms with Gasteiger partial charge in [-0.05, 0) is 70.0 Å². The van der Waals surface area contributed by atoms with Gasteiger partial charge in [0.2, 0.25) is 0 Å². The second-order valence-electron chi connectivity index (χ2n) is 8.15. The molecular formula is C24H31ClN2O2. The Labute approximate surface area is 179 Å². The highest BCUT2D eigenvalue weighted by Crippen LogP contribution is 2.23. The lowest BCUT2D eigenvalue weighted by Gasteiger charge is -2.20. The van der Waals surface area contributed by atoms with Gasteiger partial charge in [0.1, 0.15) is 5.75 Å². The second kappa shape index (κ2) is 10.5. The lowest BCUT2D eigenvalue weighted by atomic mass is 10.00. The number of aromatic nitrogens is 1. The fourth-order valence-corrected chi connectivity index (χ4v) is 3.29. The fourth-order valence-electron chi connectivity index (χ4n) is 3.29. The number of aryl methyl sites for hydroxylation is 1. The van der Waals surface area contributed by atoms with E-state index >= 15 is 0 Å². The first-order valence-corrected chi connectivity index (χ1v) is 9.99.